The summed E-state index contributed by atoms with van der Waals surface area (Å²) in [5.74, 6) is 0.275. The first-order chi connectivity index (χ1) is 12.9. The van der Waals surface area contributed by atoms with Crippen LogP contribution in [-0.4, -0.2) is 30.8 Å². The molecule has 2 amide bonds. The van der Waals surface area contributed by atoms with Crippen molar-refractivity contribution in [3.8, 4) is 11.8 Å². The lowest BCUT2D eigenvalue weighted by molar-refractivity contribution is 0.220. The van der Waals surface area contributed by atoms with Crippen molar-refractivity contribution in [2.45, 2.75) is 18.4 Å². The highest BCUT2D eigenvalue weighted by molar-refractivity contribution is 7.99. The average Bonchev–Trinajstić information content (AvgIpc) is 2.67. The van der Waals surface area contributed by atoms with Crippen molar-refractivity contribution in [1.82, 2.24) is 4.90 Å². The van der Waals surface area contributed by atoms with Crippen molar-refractivity contribution in [2.24, 2.45) is 5.92 Å². The van der Waals surface area contributed by atoms with Crippen molar-refractivity contribution in [3.63, 3.8) is 0 Å². The quantitative estimate of drug-likeness (QED) is 0.696. The zero-order chi connectivity index (χ0) is 19.8. The van der Waals surface area contributed by atoms with Gasteiger partial charge in [0, 0.05) is 24.2 Å². The molecular weight excluding hydrogens is 365 g/mol. The Balaban J connectivity index is 2.02. The molecule has 0 aliphatic rings. The molecule has 5 nitrogen and oxygen atoms in total. The lowest BCUT2D eigenvalue weighted by atomic mass is 10.2. The zero-order valence-electron chi connectivity index (χ0n) is 15.5. The number of amides is 2. The van der Waals surface area contributed by atoms with E-state index >= 15 is 0 Å². The number of hydrogen-bond donors (Lipinski definition) is 1. The number of para-hydroxylation sites is 1. The first-order valence-corrected chi connectivity index (χ1v) is 9.39. The number of anilines is 1. The summed E-state index contributed by atoms with van der Waals surface area (Å²) in [7, 11) is 3.05. The van der Waals surface area contributed by atoms with Gasteiger partial charge in [-0.05, 0) is 36.8 Å². The van der Waals surface area contributed by atoms with Crippen molar-refractivity contribution in [1.29, 1.82) is 5.26 Å². The van der Waals surface area contributed by atoms with Gasteiger partial charge in [0.1, 0.15) is 0 Å². The van der Waals surface area contributed by atoms with Crippen LogP contribution >= 0.6 is 11.8 Å². The number of methoxy groups -OCH3 is 1. The van der Waals surface area contributed by atoms with Gasteiger partial charge in [0.15, 0.2) is 11.6 Å². The molecule has 0 saturated carbocycles. The van der Waals surface area contributed by atoms with Crippen LogP contribution < -0.4 is 10.1 Å². The molecule has 2 rings (SSSR count). The zero-order valence-corrected chi connectivity index (χ0v) is 16.3. The summed E-state index contributed by atoms with van der Waals surface area (Å²) in [6.45, 7) is 2.11. The minimum atomic E-state index is -0.461. The van der Waals surface area contributed by atoms with E-state index in [9.17, 15) is 9.18 Å². The van der Waals surface area contributed by atoms with Gasteiger partial charge in [0.2, 0.25) is 0 Å². The Bertz CT molecular complexity index is 838. The van der Waals surface area contributed by atoms with Gasteiger partial charge in [-0.2, -0.15) is 5.26 Å². The smallest absolute Gasteiger partial charge is 0.321 e. The summed E-state index contributed by atoms with van der Waals surface area (Å²) in [6.07, 6.45) is 0. The maximum absolute atomic E-state index is 13.8. The molecule has 0 fully saturated rings. The van der Waals surface area contributed by atoms with Crippen molar-refractivity contribution in [2.75, 3.05) is 25.2 Å². The number of urea groups is 1. The van der Waals surface area contributed by atoms with E-state index in [0.717, 1.165) is 4.90 Å². The predicted octanol–water partition coefficient (Wildman–Crippen LogP) is 4.75. The molecular formula is C20H22FN3O2S. The Morgan fingerprint density at radius 1 is 1.37 bits per heavy atom. The Hall–Kier alpha value is -2.72. The molecule has 0 saturated heterocycles. The van der Waals surface area contributed by atoms with Crippen molar-refractivity contribution >= 4 is 23.5 Å². The highest BCUT2D eigenvalue weighted by Crippen LogP contribution is 2.28. The van der Waals surface area contributed by atoms with Gasteiger partial charge < -0.3 is 15.0 Å². The van der Waals surface area contributed by atoms with E-state index in [4.69, 9.17) is 10.00 Å². The molecule has 1 N–H and O–H groups in total. The number of benzene rings is 2. The highest BCUT2D eigenvalue weighted by Gasteiger charge is 2.13. The number of nitriles is 1. The van der Waals surface area contributed by atoms with Crippen LogP contribution in [0.4, 0.5) is 14.9 Å². The highest BCUT2D eigenvalue weighted by atomic mass is 32.2. The Morgan fingerprint density at radius 2 is 2.11 bits per heavy atom. The third-order valence-corrected chi connectivity index (χ3v) is 5.15. The summed E-state index contributed by atoms with van der Waals surface area (Å²) in [5, 5.41) is 11.8. The number of nitrogens with zero attached hydrogens (tertiary/aromatic N) is 2. The number of carbonyl (C=O) groups is 1. The fourth-order valence-corrected chi connectivity index (χ4v) is 3.27. The molecule has 27 heavy (non-hydrogen) atoms. The molecule has 0 aliphatic heterocycles. The number of ether oxygens (including phenoxy) is 1. The Kier molecular flexibility index (Phi) is 7.50. The molecule has 2 aromatic rings. The van der Waals surface area contributed by atoms with E-state index in [-0.39, 0.29) is 24.2 Å². The van der Waals surface area contributed by atoms with Crippen LogP contribution in [0, 0.1) is 23.1 Å². The third kappa shape index (κ3) is 5.90. The lowest BCUT2D eigenvalue weighted by Gasteiger charge is -2.19. The van der Waals surface area contributed by atoms with Crippen LogP contribution in [0.15, 0.2) is 47.4 Å². The van der Waals surface area contributed by atoms with Gasteiger partial charge in [-0.3, -0.25) is 0 Å². The van der Waals surface area contributed by atoms with E-state index in [2.05, 4.69) is 11.4 Å². The van der Waals surface area contributed by atoms with Crippen molar-refractivity contribution in [3.05, 3.63) is 53.8 Å². The number of halogens is 1. The minimum Gasteiger partial charge on any atom is -0.494 e. The fraction of sp³-hybridized carbons (Fsp3) is 0.300. The second-order valence-electron chi connectivity index (χ2n) is 6.09. The van der Waals surface area contributed by atoms with E-state index in [1.807, 2.05) is 31.2 Å². The number of carbonyl (C=O) groups excluding carboxylic acids is 1. The van der Waals surface area contributed by atoms with E-state index in [0.29, 0.717) is 17.0 Å². The van der Waals surface area contributed by atoms with Gasteiger partial charge in [0.05, 0.1) is 24.8 Å². The summed E-state index contributed by atoms with van der Waals surface area (Å²) in [6, 6.07) is 14.0. The van der Waals surface area contributed by atoms with Gasteiger partial charge in [-0.25, -0.2) is 9.18 Å². The Morgan fingerprint density at radius 3 is 2.78 bits per heavy atom. The summed E-state index contributed by atoms with van der Waals surface area (Å²) < 4.78 is 18.7. The number of nitrogens with one attached hydrogen (secondary N) is 1. The van der Waals surface area contributed by atoms with Gasteiger partial charge in [0.25, 0.3) is 0 Å². The number of rotatable bonds is 7. The summed E-state index contributed by atoms with van der Waals surface area (Å²) >= 11 is 1.52. The predicted molar refractivity (Wildman–Crippen MR) is 105 cm³/mol. The van der Waals surface area contributed by atoms with Crippen LogP contribution in [0.3, 0.4) is 0 Å². The largest absolute Gasteiger partial charge is 0.494 e. The molecule has 0 heterocycles. The third-order valence-electron chi connectivity index (χ3n) is 3.82. The SMILES string of the molecule is COc1ccc(CN(C)C(=O)Nc2ccccc2SCC(C)C#N)cc1F. The molecule has 0 aromatic heterocycles. The first-order valence-electron chi connectivity index (χ1n) is 8.40. The van der Waals surface area contributed by atoms with Gasteiger partial charge >= 0.3 is 6.03 Å². The van der Waals surface area contributed by atoms with E-state index in [1.54, 1.807) is 19.2 Å². The second kappa shape index (κ2) is 9.83. The number of thioether (sulfide) groups is 1. The van der Waals surface area contributed by atoms with Crippen LogP contribution in [0.5, 0.6) is 5.75 Å². The standard InChI is InChI=1S/C20H22FN3O2S/c1-14(11-22)13-27-19-7-5-4-6-17(19)23-20(25)24(2)12-15-8-9-18(26-3)16(21)10-15/h4-10,14H,12-13H2,1-3H3,(H,23,25). The molecule has 0 aliphatic carbocycles. The van der Waals surface area contributed by atoms with Crippen LogP contribution in [0.1, 0.15) is 12.5 Å². The molecule has 7 heteroatoms. The lowest BCUT2D eigenvalue weighted by Crippen LogP contribution is -2.31. The van der Waals surface area contributed by atoms with Crippen molar-refractivity contribution < 1.29 is 13.9 Å². The minimum absolute atomic E-state index is 0.0774. The summed E-state index contributed by atoms with van der Waals surface area (Å²) in [4.78, 5) is 14.9. The molecule has 1 unspecified atom stereocenters. The number of hydrogen-bond acceptors (Lipinski definition) is 4. The van der Waals surface area contributed by atoms with Crippen LogP contribution in [-0.2, 0) is 6.54 Å². The van der Waals surface area contributed by atoms with Crippen LogP contribution in [0.25, 0.3) is 0 Å². The molecule has 142 valence electrons. The molecule has 0 bridgehead atoms. The first kappa shape index (κ1) is 20.6. The van der Waals surface area contributed by atoms with Gasteiger partial charge in [-0.1, -0.05) is 18.2 Å². The monoisotopic (exact) mass is 387 g/mol. The van der Waals surface area contributed by atoms with Gasteiger partial charge in [-0.15, -0.1) is 11.8 Å². The van der Waals surface area contributed by atoms with E-state index in [1.165, 1.54) is 29.8 Å². The topological polar surface area (TPSA) is 65.4 Å². The second-order valence-corrected chi connectivity index (χ2v) is 7.15. The van der Waals surface area contributed by atoms with Crippen LogP contribution in [0.2, 0.25) is 0 Å². The molecule has 2 aromatic carbocycles. The average molecular weight is 387 g/mol. The molecule has 1 atom stereocenters. The maximum atomic E-state index is 13.8. The van der Waals surface area contributed by atoms with E-state index < -0.39 is 5.82 Å². The molecule has 0 radical (unpaired) electrons. The summed E-state index contributed by atoms with van der Waals surface area (Å²) in [5.41, 5.74) is 1.35. The molecule has 0 spiro atoms. The maximum Gasteiger partial charge on any atom is 0.321 e. The normalized spacial score (nSPS) is 11.4. The Labute approximate surface area is 163 Å². The fourth-order valence-electron chi connectivity index (χ4n) is 2.31.